The van der Waals surface area contributed by atoms with Gasteiger partial charge in [0.1, 0.15) is 5.75 Å². The molecule has 0 heterocycles. The summed E-state index contributed by atoms with van der Waals surface area (Å²) in [5.41, 5.74) is 11.0. The van der Waals surface area contributed by atoms with Crippen molar-refractivity contribution in [3.8, 4) is 5.75 Å². The van der Waals surface area contributed by atoms with Crippen LogP contribution in [0.2, 0.25) is 5.02 Å². The second kappa shape index (κ2) is 6.97. The topological polar surface area (TPSA) is 35.2 Å². The van der Waals surface area contributed by atoms with Crippen molar-refractivity contribution in [3.05, 3.63) is 63.7 Å². The Morgan fingerprint density at radius 3 is 2.43 bits per heavy atom. The third-order valence-electron chi connectivity index (χ3n) is 3.99. The molecular formula is C18H22ClNO. The molecule has 0 saturated carbocycles. The highest BCUT2D eigenvalue weighted by atomic mass is 35.5. The Kier molecular flexibility index (Phi) is 5.27. The number of benzene rings is 2. The molecule has 0 radical (unpaired) electrons. The van der Waals surface area contributed by atoms with E-state index in [0.717, 1.165) is 6.42 Å². The molecule has 1 unspecified atom stereocenters. The summed E-state index contributed by atoms with van der Waals surface area (Å²) < 4.78 is 5.19. The van der Waals surface area contributed by atoms with Gasteiger partial charge in [0.25, 0.3) is 0 Å². The molecule has 0 aromatic heterocycles. The van der Waals surface area contributed by atoms with Gasteiger partial charge in [-0.05, 0) is 61.2 Å². The van der Waals surface area contributed by atoms with Gasteiger partial charge in [0.15, 0.2) is 0 Å². The summed E-state index contributed by atoms with van der Waals surface area (Å²) in [6, 6.07) is 12.5. The zero-order chi connectivity index (χ0) is 15.4. The van der Waals surface area contributed by atoms with Crippen molar-refractivity contribution in [2.24, 2.45) is 5.73 Å². The van der Waals surface area contributed by atoms with E-state index in [4.69, 9.17) is 22.1 Å². The van der Waals surface area contributed by atoms with Crippen molar-refractivity contribution in [3.63, 3.8) is 0 Å². The number of hydrogen-bond acceptors (Lipinski definition) is 2. The second-order valence-electron chi connectivity index (χ2n) is 5.45. The van der Waals surface area contributed by atoms with Gasteiger partial charge >= 0.3 is 0 Å². The Labute approximate surface area is 131 Å². The fraction of sp³-hybridized carbons (Fsp3) is 0.333. The normalized spacial score (nSPS) is 12.2. The maximum Gasteiger partial charge on any atom is 0.137 e. The fourth-order valence-electron chi connectivity index (χ4n) is 2.48. The molecule has 2 N–H and O–H groups in total. The molecule has 0 amide bonds. The SMILES string of the molecule is COc1ccc(CC(CN)c2ccc(C)c(C)c2)cc1Cl. The third-order valence-corrected chi connectivity index (χ3v) is 4.28. The minimum absolute atomic E-state index is 0.300. The zero-order valence-corrected chi connectivity index (χ0v) is 13.6. The molecule has 0 bridgehead atoms. The monoisotopic (exact) mass is 303 g/mol. The Bertz CT molecular complexity index is 625. The first-order valence-electron chi connectivity index (χ1n) is 7.14. The van der Waals surface area contributed by atoms with Crippen LogP contribution in [0.4, 0.5) is 0 Å². The Balaban J connectivity index is 2.22. The summed E-state index contributed by atoms with van der Waals surface area (Å²) in [4.78, 5) is 0. The lowest BCUT2D eigenvalue weighted by molar-refractivity contribution is 0.415. The van der Waals surface area contributed by atoms with Crippen molar-refractivity contribution in [2.75, 3.05) is 13.7 Å². The third kappa shape index (κ3) is 3.78. The van der Waals surface area contributed by atoms with Gasteiger partial charge in [0, 0.05) is 5.92 Å². The van der Waals surface area contributed by atoms with E-state index in [1.165, 1.54) is 22.3 Å². The van der Waals surface area contributed by atoms with Gasteiger partial charge in [-0.1, -0.05) is 35.9 Å². The van der Waals surface area contributed by atoms with Crippen LogP contribution in [0.5, 0.6) is 5.75 Å². The maximum absolute atomic E-state index is 6.19. The molecule has 1 atom stereocenters. The molecule has 0 saturated heterocycles. The molecule has 2 nitrogen and oxygen atoms in total. The van der Waals surface area contributed by atoms with Crippen molar-refractivity contribution in [1.82, 2.24) is 0 Å². The van der Waals surface area contributed by atoms with Crippen LogP contribution in [-0.2, 0) is 6.42 Å². The number of rotatable bonds is 5. The minimum Gasteiger partial charge on any atom is -0.495 e. The van der Waals surface area contributed by atoms with Crippen LogP contribution in [0.3, 0.4) is 0 Å². The quantitative estimate of drug-likeness (QED) is 0.896. The molecule has 0 aliphatic rings. The Hall–Kier alpha value is -1.51. The summed E-state index contributed by atoms with van der Waals surface area (Å²) in [5, 5.41) is 0.644. The number of ether oxygens (including phenoxy) is 1. The average Bonchev–Trinajstić information content (AvgIpc) is 2.48. The van der Waals surface area contributed by atoms with Crippen LogP contribution in [0.15, 0.2) is 36.4 Å². The zero-order valence-electron chi connectivity index (χ0n) is 12.8. The van der Waals surface area contributed by atoms with E-state index in [1.54, 1.807) is 7.11 Å². The maximum atomic E-state index is 6.19. The predicted molar refractivity (Wildman–Crippen MR) is 89.4 cm³/mol. The summed E-state index contributed by atoms with van der Waals surface area (Å²) in [6.07, 6.45) is 0.878. The van der Waals surface area contributed by atoms with Crippen LogP contribution >= 0.6 is 11.6 Å². The largest absolute Gasteiger partial charge is 0.495 e. The van der Waals surface area contributed by atoms with Crippen LogP contribution < -0.4 is 10.5 Å². The standard InChI is InChI=1S/C18H22ClNO/c1-12-4-6-15(8-13(12)2)16(11-20)9-14-5-7-18(21-3)17(19)10-14/h4-8,10,16H,9,11,20H2,1-3H3. The Morgan fingerprint density at radius 2 is 1.86 bits per heavy atom. The number of hydrogen-bond donors (Lipinski definition) is 1. The summed E-state index contributed by atoms with van der Waals surface area (Å²) in [6.45, 7) is 4.88. The first kappa shape index (κ1) is 15.9. The molecule has 0 spiro atoms. The minimum atomic E-state index is 0.300. The number of methoxy groups -OCH3 is 1. The van der Waals surface area contributed by atoms with Crippen LogP contribution in [0.1, 0.15) is 28.2 Å². The highest BCUT2D eigenvalue weighted by molar-refractivity contribution is 6.32. The van der Waals surface area contributed by atoms with E-state index in [2.05, 4.69) is 38.1 Å². The van der Waals surface area contributed by atoms with Crippen molar-refractivity contribution < 1.29 is 4.74 Å². The van der Waals surface area contributed by atoms with Crippen molar-refractivity contribution >= 4 is 11.6 Å². The van der Waals surface area contributed by atoms with E-state index in [1.807, 2.05) is 12.1 Å². The second-order valence-corrected chi connectivity index (χ2v) is 5.86. The van der Waals surface area contributed by atoms with Gasteiger partial charge < -0.3 is 10.5 Å². The van der Waals surface area contributed by atoms with E-state index >= 15 is 0 Å². The molecule has 2 aromatic carbocycles. The fourth-order valence-corrected chi connectivity index (χ4v) is 2.76. The summed E-state index contributed by atoms with van der Waals surface area (Å²) >= 11 is 6.19. The molecule has 2 aromatic rings. The molecule has 2 rings (SSSR count). The highest BCUT2D eigenvalue weighted by Gasteiger charge is 2.12. The van der Waals surface area contributed by atoms with Gasteiger partial charge in [-0.25, -0.2) is 0 Å². The van der Waals surface area contributed by atoms with Gasteiger partial charge in [-0.15, -0.1) is 0 Å². The molecule has 112 valence electrons. The van der Waals surface area contributed by atoms with E-state index in [-0.39, 0.29) is 0 Å². The molecule has 3 heteroatoms. The molecule has 0 fully saturated rings. The van der Waals surface area contributed by atoms with Crippen LogP contribution in [-0.4, -0.2) is 13.7 Å². The lowest BCUT2D eigenvalue weighted by Crippen LogP contribution is -2.15. The van der Waals surface area contributed by atoms with Crippen LogP contribution in [0.25, 0.3) is 0 Å². The van der Waals surface area contributed by atoms with Crippen molar-refractivity contribution in [2.45, 2.75) is 26.2 Å². The molecule has 21 heavy (non-hydrogen) atoms. The van der Waals surface area contributed by atoms with Crippen LogP contribution in [0, 0.1) is 13.8 Å². The van der Waals surface area contributed by atoms with E-state index in [0.29, 0.717) is 23.2 Å². The lowest BCUT2D eigenvalue weighted by atomic mass is 9.90. The Morgan fingerprint density at radius 1 is 1.10 bits per heavy atom. The van der Waals surface area contributed by atoms with E-state index in [9.17, 15) is 0 Å². The van der Waals surface area contributed by atoms with Gasteiger partial charge in [0.2, 0.25) is 0 Å². The predicted octanol–water partition coefficient (Wildman–Crippen LogP) is 4.25. The van der Waals surface area contributed by atoms with Gasteiger partial charge in [0.05, 0.1) is 12.1 Å². The molecule has 0 aliphatic carbocycles. The van der Waals surface area contributed by atoms with E-state index < -0.39 is 0 Å². The number of nitrogens with two attached hydrogens (primary N) is 1. The first-order chi connectivity index (χ1) is 10.0. The molecule has 0 aliphatic heterocycles. The van der Waals surface area contributed by atoms with Gasteiger partial charge in [-0.3, -0.25) is 0 Å². The average molecular weight is 304 g/mol. The van der Waals surface area contributed by atoms with Gasteiger partial charge in [-0.2, -0.15) is 0 Å². The highest BCUT2D eigenvalue weighted by Crippen LogP contribution is 2.28. The lowest BCUT2D eigenvalue weighted by Gasteiger charge is -2.17. The summed E-state index contributed by atoms with van der Waals surface area (Å²) in [7, 11) is 1.62. The number of halogens is 1. The first-order valence-corrected chi connectivity index (χ1v) is 7.52. The number of aryl methyl sites for hydroxylation is 2. The molecular weight excluding hydrogens is 282 g/mol. The van der Waals surface area contributed by atoms with Crippen molar-refractivity contribution in [1.29, 1.82) is 0 Å². The smallest absolute Gasteiger partial charge is 0.137 e. The summed E-state index contributed by atoms with van der Waals surface area (Å²) in [5.74, 6) is 1.00.